The lowest BCUT2D eigenvalue weighted by atomic mass is 10.1. The highest BCUT2D eigenvalue weighted by Crippen LogP contribution is 2.14. The number of amides is 1. The molecule has 0 N–H and O–H groups in total. The van der Waals surface area contributed by atoms with Crippen molar-refractivity contribution >= 4 is 11.7 Å². The average Bonchev–Trinajstić information content (AvgIpc) is 2.68. The highest BCUT2D eigenvalue weighted by molar-refractivity contribution is 5.97. The normalized spacial score (nSPS) is 14.9. The van der Waals surface area contributed by atoms with Crippen molar-refractivity contribution in [3.8, 4) is 5.75 Å². The minimum absolute atomic E-state index is 0.0612. The predicted molar refractivity (Wildman–Crippen MR) is 101 cm³/mol. The Kier molecular flexibility index (Phi) is 5.68. The summed E-state index contributed by atoms with van der Waals surface area (Å²) in [5, 5.41) is 0. The number of Topliss-reactive ketones (excluding diaryl/α,β-unsaturated/α-hetero) is 1. The molecule has 0 radical (unpaired) electrons. The first-order chi connectivity index (χ1) is 12.6. The zero-order valence-electron chi connectivity index (χ0n) is 15.3. The number of hydrogen-bond donors (Lipinski definition) is 0. The number of nitrogens with zero attached hydrogens (tertiary/aromatic N) is 2. The van der Waals surface area contributed by atoms with Crippen LogP contribution in [0.15, 0.2) is 48.5 Å². The zero-order chi connectivity index (χ0) is 18.5. The van der Waals surface area contributed by atoms with Crippen LogP contribution in [0, 0.1) is 6.92 Å². The Bertz CT molecular complexity index is 761. The molecule has 0 atom stereocenters. The molecule has 2 aromatic rings. The Morgan fingerprint density at radius 3 is 2.04 bits per heavy atom. The van der Waals surface area contributed by atoms with E-state index in [9.17, 15) is 9.59 Å². The van der Waals surface area contributed by atoms with Crippen molar-refractivity contribution in [1.29, 1.82) is 0 Å². The van der Waals surface area contributed by atoms with Crippen LogP contribution in [0.25, 0.3) is 0 Å². The average molecular weight is 352 g/mol. The molecule has 5 heteroatoms. The van der Waals surface area contributed by atoms with E-state index in [-0.39, 0.29) is 11.7 Å². The number of ketones is 1. The third-order valence-electron chi connectivity index (χ3n) is 4.74. The van der Waals surface area contributed by atoms with E-state index in [1.165, 1.54) is 0 Å². The van der Waals surface area contributed by atoms with Gasteiger partial charge in [0.1, 0.15) is 5.75 Å². The number of rotatable bonds is 5. The lowest BCUT2D eigenvalue weighted by Gasteiger charge is -2.34. The van der Waals surface area contributed by atoms with Crippen LogP contribution in [0.4, 0.5) is 0 Å². The summed E-state index contributed by atoms with van der Waals surface area (Å²) < 4.78 is 5.12. The molecule has 2 aromatic carbocycles. The van der Waals surface area contributed by atoms with Crippen molar-refractivity contribution in [3.63, 3.8) is 0 Å². The van der Waals surface area contributed by atoms with E-state index in [1.54, 1.807) is 31.4 Å². The largest absolute Gasteiger partial charge is 0.497 e. The Hall–Kier alpha value is -2.66. The van der Waals surface area contributed by atoms with Crippen molar-refractivity contribution in [2.45, 2.75) is 6.92 Å². The molecule has 136 valence electrons. The van der Waals surface area contributed by atoms with E-state index in [1.807, 2.05) is 36.1 Å². The molecule has 0 bridgehead atoms. The Labute approximate surface area is 154 Å². The number of carbonyl (C=O) groups is 2. The number of aryl methyl sites for hydroxylation is 1. The molecule has 1 heterocycles. The maximum atomic E-state index is 12.6. The van der Waals surface area contributed by atoms with E-state index in [2.05, 4.69) is 4.90 Å². The fourth-order valence-corrected chi connectivity index (χ4v) is 3.06. The van der Waals surface area contributed by atoms with Crippen LogP contribution in [-0.2, 0) is 0 Å². The fraction of sp³-hybridized carbons (Fsp3) is 0.333. The van der Waals surface area contributed by atoms with E-state index in [0.29, 0.717) is 38.3 Å². The lowest BCUT2D eigenvalue weighted by Crippen LogP contribution is -2.49. The summed E-state index contributed by atoms with van der Waals surface area (Å²) in [6, 6.07) is 14.8. The van der Waals surface area contributed by atoms with Gasteiger partial charge in [-0.3, -0.25) is 14.5 Å². The molecular formula is C21H24N2O3. The fourth-order valence-electron chi connectivity index (χ4n) is 3.06. The monoisotopic (exact) mass is 352 g/mol. The number of hydrogen-bond acceptors (Lipinski definition) is 4. The second-order valence-electron chi connectivity index (χ2n) is 6.59. The molecule has 1 saturated heterocycles. The summed E-state index contributed by atoms with van der Waals surface area (Å²) in [5.74, 6) is 0.891. The number of piperazine rings is 1. The van der Waals surface area contributed by atoms with Crippen LogP contribution >= 0.6 is 0 Å². The van der Waals surface area contributed by atoms with Crippen molar-refractivity contribution in [1.82, 2.24) is 9.80 Å². The van der Waals surface area contributed by atoms with Crippen LogP contribution in [0.5, 0.6) is 5.75 Å². The molecular weight excluding hydrogens is 328 g/mol. The first-order valence-corrected chi connectivity index (χ1v) is 8.82. The van der Waals surface area contributed by atoms with Gasteiger partial charge in [0.15, 0.2) is 5.78 Å². The molecule has 0 spiro atoms. The molecule has 26 heavy (non-hydrogen) atoms. The van der Waals surface area contributed by atoms with Crippen LogP contribution in [-0.4, -0.2) is 61.3 Å². The third kappa shape index (κ3) is 4.29. The SMILES string of the molecule is COc1ccc(C(=O)CN2CCN(C(=O)c3ccc(C)cc3)CC2)cc1. The van der Waals surface area contributed by atoms with Gasteiger partial charge in [0.2, 0.25) is 0 Å². The van der Waals surface area contributed by atoms with Crippen molar-refractivity contribution in [3.05, 3.63) is 65.2 Å². The van der Waals surface area contributed by atoms with Gasteiger partial charge in [-0.1, -0.05) is 17.7 Å². The summed E-state index contributed by atoms with van der Waals surface area (Å²) in [4.78, 5) is 28.9. The maximum Gasteiger partial charge on any atom is 0.253 e. The lowest BCUT2D eigenvalue weighted by molar-refractivity contribution is 0.0624. The van der Waals surface area contributed by atoms with Crippen LogP contribution < -0.4 is 4.74 Å². The first kappa shape index (κ1) is 18.1. The van der Waals surface area contributed by atoms with Gasteiger partial charge in [-0.2, -0.15) is 0 Å². The van der Waals surface area contributed by atoms with Crippen molar-refractivity contribution in [2.75, 3.05) is 39.8 Å². The molecule has 1 fully saturated rings. The Balaban J connectivity index is 1.52. The van der Waals surface area contributed by atoms with Gasteiger partial charge in [-0.25, -0.2) is 0 Å². The number of methoxy groups -OCH3 is 1. The number of benzene rings is 2. The van der Waals surface area contributed by atoms with E-state index >= 15 is 0 Å². The summed E-state index contributed by atoms with van der Waals surface area (Å²) in [6.07, 6.45) is 0. The smallest absolute Gasteiger partial charge is 0.253 e. The molecule has 3 rings (SSSR count). The summed E-state index contributed by atoms with van der Waals surface area (Å²) >= 11 is 0. The van der Waals surface area contributed by atoms with Gasteiger partial charge >= 0.3 is 0 Å². The third-order valence-corrected chi connectivity index (χ3v) is 4.74. The molecule has 5 nitrogen and oxygen atoms in total. The minimum Gasteiger partial charge on any atom is -0.497 e. The van der Waals surface area contributed by atoms with E-state index in [4.69, 9.17) is 4.74 Å². The van der Waals surface area contributed by atoms with Gasteiger partial charge in [-0.15, -0.1) is 0 Å². The molecule has 0 aliphatic carbocycles. The van der Waals surface area contributed by atoms with Crippen LogP contribution in [0.1, 0.15) is 26.3 Å². The van der Waals surface area contributed by atoms with Crippen LogP contribution in [0.2, 0.25) is 0 Å². The molecule has 0 aromatic heterocycles. The second kappa shape index (κ2) is 8.15. The van der Waals surface area contributed by atoms with Gasteiger partial charge in [0.25, 0.3) is 5.91 Å². The van der Waals surface area contributed by atoms with E-state index < -0.39 is 0 Å². The van der Waals surface area contributed by atoms with Gasteiger partial charge in [0, 0.05) is 37.3 Å². The number of carbonyl (C=O) groups excluding carboxylic acids is 2. The van der Waals surface area contributed by atoms with Gasteiger partial charge in [-0.05, 0) is 43.3 Å². The highest BCUT2D eigenvalue weighted by atomic mass is 16.5. The minimum atomic E-state index is 0.0612. The zero-order valence-corrected chi connectivity index (χ0v) is 15.3. The molecule has 1 amide bonds. The quantitative estimate of drug-likeness (QED) is 0.777. The molecule has 0 saturated carbocycles. The summed E-state index contributed by atoms with van der Waals surface area (Å²) in [7, 11) is 1.61. The summed E-state index contributed by atoms with van der Waals surface area (Å²) in [6.45, 7) is 5.08. The maximum absolute atomic E-state index is 12.6. The predicted octanol–water partition coefficient (Wildman–Crippen LogP) is 2.64. The van der Waals surface area contributed by atoms with Crippen molar-refractivity contribution < 1.29 is 14.3 Å². The van der Waals surface area contributed by atoms with Crippen molar-refractivity contribution in [2.24, 2.45) is 0 Å². The van der Waals surface area contributed by atoms with Crippen LogP contribution in [0.3, 0.4) is 0 Å². The second-order valence-corrected chi connectivity index (χ2v) is 6.59. The highest BCUT2D eigenvalue weighted by Gasteiger charge is 2.23. The topological polar surface area (TPSA) is 49.9 Å². The van der Waals surface area contributed by atoms with Gasteiger partial charge < -0.3 is 9.64 Å². The number of ether oxygens (including phenoxy) is 1. The molecule has 1 aliphatic rings. The first-order valence-electron chi connectivity index (χ1n) is 8.82. The summed E-state index contributed by atoms with van der Waals surface area (Å²) in [5.41, 5.74) is 2.55. The standard InChI is InChI=1S/C21H24N2O3/c1-16-3-5-18(6-4-16)21(25)23-13-11-22(12-14-23)15-20(24)17-7-9-19(26-2)10-8-17/h3-10H,11-15H2,1-2H3. The Morgan fingerprint density at radius 2 is 1.46 bits per heavy atom. The Morgan fingerprint density at radius 1 is 0.885 bits per heavy atom. The van der Waals surface area contributed by atoms with Gasteiger partial charge in [0.05, 0.1) is 13.7 Å². The molecule has 0 unspecified atom stereocenters. The van der Waals surface area contributed by atoms with E-state index in [0.717, 1.165) is 16.9 Å². The molecule has 1 aliphatic heterocycles.